The molecule has 2 amide bonds. The van der Waals surface area contributed by atoms with E-state index in [-0.39, 0.29) is 17.4 Å². The van der Waals surface area contributed by atoms with Crippen molar-refractivity contribution in [2.24, 2.45) is 17.4 Å². The Hall–Kier alpha value is -3.34. The van der Waals surface area contributed by atoms with Gasteiger partial charge >= 0.3 is 12.0 Å². The maximum Gasteiger partial charge on any atom is 0.355 e. The second-order valence-electron chi connectivity index (χ2n) is 8.00. The number of aromatic carboxylic acids is 1. The number of nitrogens with two attached hydrogens (primary N) is 2. The molecule has 33 heavy (non-hydrogen) atoms. The van der Waals surface area contributed by atoms with Crippen LogP contribution in [0.1, 0.15) is 46.9 Å². The molecular formula is C23H28N6O3S. The lowest BCUT2D eigenvalue weighted by Crippen LogP contribution is -2.22. The van der Waals surface area contributed by atoms with Crippen molar-refractivity contribution in [2.75, 3.05) is 10.6 Å². The van der Waals surface area contributed by atoms with Gasteiger partial charge in [-0.25, -0.2) is 14.6 Å². The third-order valence-electron chi connectivity index (χ3n) is 5.03. The van der Waals surface area contributed by atoms with Crippen LogP contribution in [0, 0.1) is 12.8 Å². The summed E-state index contributed by atoms with van der Waals surface area (Å²) in [6.07, 6.45) is 0.755. The van der Waals surface area contributed by atoms with Crippen LogP contribution in [0.5, 0.6) is 0 Å². The van der Waals surface area contributed by atoms with Crippen LogP contribution in [0.25, 0.3) is 11.1 Å². The first-order valence-corrected chi connectivity index (χ1v) is 11.4. The molecule has 9 nitrogen and oxygen atoms in total. The Morgan fingerprint density at radius 3 is 2.33 bits per heavy atom. The molecule has 0 saturated carbocycles. The second kappa shape index (κ2) is 10.5. The highest BCUT2D eigenvalue weighted by molar-refractivity contribution is 7.14. The Kier molecular flexibility index (Phi) is 7.75. The number of benzene rings is 1. The zero-order valence-electron chi connectivity index (χ0n) is 18.8. The number of carbonyl (C=O) groups is 2. The van der Waals surface area contributed by atoms with Crippen molar-refractivity contribution < 1.29 is 14.7 Å². The first-order chi connectivity index (χ1) is 15.7. The predicted octanol–water partition coefficient (Wildman–Crippen LogP) is 3.97. The number of hydrogen-bond donors (Lipinski definition) is 5. The van der Waals surface area contributed by atoms with Gasteiger partial charge in [0, 0.05) is 29.7 Å². The van der Waals surface area contributed by atoms with Gasteiger partial charge in [0.15, 0.2) is 10.8 Å². The Morgan fingerprint density at radius 1 is 1.09 bits per heavy atom. The summed E-state index contributed by atoms with van der Waals surface area (Å²) in [5.74, 6) is -0.776. The van der Waals surface area contributed by atoms with E-state index < -0.39 is 12.0 Å². The Labute approximate surface area is 196 Å². The SMILES string of the molecule is Cc1nc(CC(C)C)c(CN)c(-c2ccc(CN)cc2)c1NC(=O)Nc1nc(C(=O)O)cs1. The molecule has 0 fully saturated rings. The number of amides is 2. The molecule has 1 aromatic carbocycles. The standard InChI is InChI=1S/C23H28N6O3S/c1-12(2)8-17-16(10-25)19(15-6-4-14(9-24)5-7-15)20(13(3)26-17)28-22(32)29-23-27-18(11-33-23)21(30)31/h4-7,11-12H,8-10,24-25H2,1-3H3,(H,30,31)(H2,27,28,29,32). The number of pyridine rings is 1. The van der Waals surface area contributed by atoms with Crippen LogP contribution in [0.4, 0.5) is 15.6 Å². The van der Waals surface area contributed by atoms with E-state index in [1.54, 1.807) is 0 Å². The van der Waals surface area contributed by atoms with Gasteiger partial charge in [0.1, 0.15) is 0 Å². The van der Waals surface area contributed by atoms with Crippen molar-refractivity contribution in [1.82, 2.24) is 9.97 Å². The highest BCUT2D eigenvalue weighted by Crippen LogP contribution is 2.36. The molecule has 3 aromatic rings. The fraction of sp³-hybridized carbons (Fsp3) is 0.304. The molecule has 10 heteroatoms. The van der Waals surface area contributed by atoms with E-state index in [0.717, 1.165) is 45.7 Å². The van der Waals surface area contributed by atoms with Crippen molar-refractivity contribution in [3.05, 3.63) is 57.9 Å². The smallest absolute Gasteiger partial charge is 0.355 e. The number of carbonyl (C=O) groups excluding carboxylic acids is 1. The van der Waals surface area contributed by atoms with Gasteiger partial charge in [0.25, 0.3) is 0 Å². The normalized spacial score (nSPS) is 11.0. The molecule has 0 aliphatic rings. The highest BCUT2D eigenvalue weighted by atomic mass is 32.1. The Morgan fingerprint density at radius 2 is 1.79 bits per heavy atom. The summed E-state index contributed by atoms with van der Waals surface area (Å²) in [5, 5.41) is 16.0. The molecule has 2 aromatic heterocycles. The summed E-state index contributed by atoms with van der Waals surface area (Å²) in [4.78, 5) is 32.5. The van der Waals surface area contributed by atoms with Crippen LogP contribution in [-0.4, -0.2) is 27.1 Å². The van der Waals surface area contributed by atoms with Crippen LogP contribution in [-0.2, 0) is 19.5 Å². The summed E-state index contributed by atoms with van der Waals surface area (Å²) in [7, 11) is 0. The second-order valence-corrected chi connectivity index (χ2v) is 8.86. The number of thiazole rings is 1. The van der Waals surface area contributed by atoms with E-state index in [1.807, 2.05) is 31.2 Å². The van der Waals surface area contributed by atoms with Gasteiger partial charge in [0.05, 0.1) is 11.4 Å². The lowest BCUT2D eigenvalue weighted by Gasteiger charge is -2.21. The lowest BCUT2D eigenvalue weighted by atomic mass is 9.92. The van der Waals surface area contributed by atoms with Gasteiger partial charge in [0.2, 0.25) is 0 Å². The predicted molar refractivity (Wildman–Crippen MR) is 130 cm³/mol. The number of urea groups is 1. The van der Waals surface area contributed by atoms with Crippen LogP contribution in [0.3, 0.4) is 0 Å². The van der Waals surface area contributed by atoms with Gasteiger partial charge in [-0.05, 0) is 36.0 Å². The zero-order chi connectivity index (χ0) is 24.1. The van der Waals surface area contributed by atoms with E-state index in [4.69, 9.17) is 21.6 Å². The molecule has 0 atom stereocenters. The molecule has 0 aliphatic carbocycles. The third kappa shape index (κ3) is 5.72. The number of hydrogen-bond acceptors (Lipinski definition) is 7. The number of nitrogens with one attached hydrogen (secondary N) is 2. The molecule has 3 rings (SSSR count). The van der Waals surface area contributed by atoms with Gasteiger partial charge in [-0.3, -0.25) is 10.3 Å². The maximum absolute atomic E-state index is 12.8. The average molecular weight is 469 g/mol. The van der Waals surface area contributed by atoms with Gasteiger partial charge < -0.3 is 21.9 Å². The lowest BCUT2D eigenvalue weighted by molar-refractivity contribution is 0.0691. The summed E-state index contributed by atoms with van der Waals surface area (Å²) in [6, 6.07) is 7.25. The van der Waals surface area contributed by atoms with Crippen LogP contribution in [0.2, 0.25) is 0 Å². The molecule has 174 valence electrons. The van der Waals surface area contributed by atoms with Crippen molar-refractivity contribution in [3.63, 3.8) is 0 Å². The molecule has 0 spiro atoms. The van der Waals surface area contributed by atoms with Crippen LogP contribution >= 0.6 is 11.3 Å². The molecule has 7 N–H and O–H groups in total. The average Bonchev–Trinajstić information content (AvgIpc) is 3.23. The fourth-order valence-corrected chi connectivity index (χ4v) is 4.21. The van der Waals surface area contributed by atoms with Crippen molar-refractivity contribution in [2.45, 2.75) is 40.3 Å². The summed E-state index contributed by atoms with van der Waals surface area (Å²) < 4.78 is 0. The minimum atomic E-state index is -1.16. The largest absolute Gasteiger partial charge is 0.476 e. The minimum absolute atomic E-state index is 0.128. The van der Waals surface area contributed by atoms with E-state index in [1.165, 1.54) is 5.38 Å². The molecule has 0 aliphatic heterocycles. The molecule has 0 radical (unpaired) electrons. The Balaban J connectivity index is 2.04. The molecule has 0 saturated heterocycles. The summed E-state index contributed by atoms with van der Waals surface area (Å²) in [6.45, 7) is 6.76. The first kappa shape index (κ1) is 24.3. The number of nitrogens with zero attached hydrogens (tertiary/aromatic N) is 2. The number of carboxylic acid groups (broad SMARTS) is 1. The van der Waals surface area contributed by atoms with Crippen LogP contribution < -0.4 is 22.1 Å². The number of aromatic nitrogens is 2. The molecule has 0 bridgehead atoms. The third-order valence-corrected chi connectivity index (χ3v) is 5.79. The maximum atomic E-state index is 12.8. The zero-order valence-corrected chi connectivity index (χ0v) is 19.6. The van der Waals surface area contributed by atoms with E-state index in [0.29, 0.717) is 23.8 Å². The molecular weight excluding hydrogens is 440 g/mol. The van der Waals surface area contributed by atoms with Crippen molar-refractivity contribution in [3.8, 4) is 11.1 Å². The molecule has 2 heterocycles. The highest BCUT2D eigenvalue weighted by Gasteiger charge is 2.21. The summed E-state index contributed by atoms with van der Waals surface area (Å²) in [5.41, 5.74) is 17.4. The van der Waals surface area contributed by atoms with Gasteiger partial charge in [-0.1, -0.05) is 38.1 Å². The number of carboxylic acids is 1. The fourth-order valence-electron chi connectivity index (χ4n) is 3.53. The number of anilines is 2. The minimum Gasteiger partial charge on any atom is -0.476 e. The topological polar surface area (TPSA) is 156 Å². The Bertz CT molecular complexity index is 1160. The van der Waals surface area contributed by atoms with Gasteiger partial charge in [-0.2, -0.15) is 0 Å². The number of aryl methyl sites for hydroxylation is 1. The number of rotatable bonds is 8. The van der Waals surface area contributed by atoms with E-state index in [9.17, 15) is 9.59 Å². The van der Waals surface area contributed by atoms with Crippen LogP contribution in [0.15, 0.2) is 29.6 Å². The van der Waals surface area contributed by atoms with Crippen molar-refractivity contribution in [1.29, 1.82) is 0 Å². The van der Waals surface area contributed by atoms with Crippen molar-refractivity contribution >= 4 is 34.2 Å². The summed E-state index contributed by atoms with van der Waals surface area (Å²) >= 11 is 1.03. The van der Waals surface area contributed by atoms with E-state index in [2.05, 4.69) is 29.5 Å². The first-order valence-electron chi connectivity index (χ1n) is 10.5. The molecule has 0 unspecified atom stereocenters. The van der Waals surface area contributed by atoms with Gasteiger partial charge in [-0.15, -0.1) is 11.3 Å². The quantitative estimate of drug-likeness (QED) is 0.335. The monoisotopic (exact) mass is 468 g/mol. The van der Waals surface area contributed by atoms with E-state index >= 15 is 0 Å².